The van der Waals surface area contributed by atoms with Gasteiger partial charge in [-0.3, -0.25) is 0 Å². The van der Waals surface area contributed by atoms with Crippen LogP contribution in [0.25, 0.3) is 0 Å². The van der Waals surface area contributed by atoms with Crippen molar-refractivity contribution in [1.29, 1.82) is 0 Å². The van der Waals surface area contributed by atoms with E-state index in [2.05, 4.69) is 0 Å². The molecule has 0 bridgehead atoms. The average molecular weight is 110 g/mol. The summed E-state index contributed by atoms with van der Waals surface area (Å²) in [6.07, 6.45) is 4.79. The molecule has 1 N–H and O–H groups in total. The van der Waals surface area contributed by atoms with E-state index in [0.717, 1.165) is 19.3 Å². The lowest BCUT2D eigenvalue weighted by Crippen LogP contribution is -1.79. The Morgan fingerprint density at radius 2 is 2.12 bits per heavy atom. The lowest BCUT2D eigenvalue weighted by Gasteiger charge is -1.88. The molecule has 0 heterocycles. The van der Waals surface area contributed by atoms with Gasteiger partial charge in [-0.15, -0.1) is 5.98 Å². The van der Waals surface area contributed by atoms with Gasteiger partial charge in [0.1, 0.15) is 7.85 Å². The monoisotopic (exact) mass is 110 g/mol. The van der Waals surface area contributed by atoms with Gasteiger partial charge in [0.25, 0.3) is 0 Å². The quantitative estimate of drug-likeness (QED) is 0.419. The molecule has 0 atom stereocenters. The first kappa shape index (κ1) is 7.76. The maximum absolute atomic E-state index is 8.31. The summed E-state index contributed by atoms with van der Waals surface area (Å²) in [5.41, 5.74) is 0. The van der Waals surface area contributed by atoms with E-state index in [1.165, 1.54) is 5.98 Å². The van der Waals surface area contributed by atoms with Gasteiger partial charge in [-0.2, -0.15) is 0 Å². The Kier molecular flexibility index (Phi) is 6.57. The van der Waals surface area contributed by atoms with Gasteiger partial charge in [0, 0.05) is 6.61 Å². The van der Waals surface area contributed by atoms with Crippen molar-refractivity contribution in [2.45, 2.75) is 19.3 Å². The lowest BCUT2D eigenvalue weighted by molar-refractivity contribution is 0.285. The van der Waals surface area contributed by atoms with Crippen molar-refractivity contribution in [3.05, 3.63) is 12.1 Å². The summed E-state index contributed by atoms with van der Waals surface area (Å²) < 4.78 is 0. The summed E-state index contributed by atoms with van der Waals surface area (Å²) in [7, 11) is 5.07. The van der Waals surface area contributed by atoms with Crippen molar-refractivity contribution in [2.24, 2.45) is 0 Å². The molecule has 0 saturated carbocycles. The summed E-state index contributed by atoms with van der Waals surface area (Å²) in [6.45, 7) is 0.290. The van der Waals surface area contributed by atoms with Gasteiger partial charge in [0.05, 0.1) is 0 Å². The Hall–Kier alpha value is -0.235. The zero-order chi connectivity index (χ0) is 6.24. The molecule has 2 heteroatoms. The molecule has 0 aliphatic rings. The lowest BCUT2D eigenvalue weighted by atomic mass is 10.1. The maximum Gasteiger partial charge on any atom is 0.102 e. The third-order valence-electron chi connectivity index (χ3n) is 0.915. The molecule has 0 aromatic rings. The minimum atomic E-state index is 0.290. The molecule has 0 amide bonds. The van der Waals surface area contributed by atoms with Crippen LogP contribution in [0.3, 0.4) is 0 Å². The second-order valence-corrected chi connectivity index (χ2v) is 1.65. The largest absolute Gasteiger partial charge is 0.396 e. The predicted octanol–water partition coefficient (Wildman–Crippen LogP) is 0.831. The molecule has 0 saturated heterocycles. The van der Waals surface area contributed by atoms with Crippen molar-refractivity contribution in [3.63, 3.8) is 0 Å². The zero-order valence-corrected chi connectivity index (χ0v) is 5.01. The topological polar surface area (TPSA) is 20.2 Å². The Morgan fingerprint density at radius 3 is 2.62 bits per heavy atom. The molecule has 0 fully saturated rings. The molecule has 44 valence electrons. The van der Waals surface area contributed by atoms with Gasteiger partial charge in [0.2, 0.25) is 0 Å². The standard InChI is InChI=1S/C6H11BO/c7-5-3-1-2-4-6-8/h3,5,8H,1-2,4,6H2. The number of allylic oxidation sites excluding steroid dienone is 1. The Balaban J connectivity index is 2.72. The van der Waals surface area contributed by atoms with Gasteiger partial charge in [-0.25, -0.2) is 0 Å². The average Bonchev–Trinajstić information content (AvgIpc) is 1.81. The molecule has 0 aliphatic carbocycles. The highest BCUT2D eigenvalue weighted by atomic mass is 16.2. The van der Waals surface area contributed by atoms with Gasteiger partial charge >= 0.3 is 0 Å². The van der Waals surface area contributed by atoms with E-state index in [-0.39, 0.29) is 0 Å². The molecule has 0 spiro atoms. The number of hydrogen-bond acceptors (Lipinski definition) is 1. The molecule has 1 nitrogen and oxygen atoms in total. The summed E-state index contributed by atoms with van der Waals surface area (Å²) in [6, 6.07) is 0. The summed E-state index contributed by atoms with van der Waals surface area (Å²) in [4.78, 5) is 0. The molecular formula is C6H11BO. The molecule has 0 aromatic heterocycles. The van der Waals surface area contributed by atoms with E-state index in [4.69, 9.17) is 13.0 Å². The fourth-order valence-electron chi connectivity index (χ4n) is 0.470. The van der Waals surface area contributed by atoms with Gasteiger partial charge in [0.15, 0.2) is 0 Å². The van der Waals surface area contributed by atoms with Crippen LogP contribution in [0.1, 0.15) is 19.3 Å². The van der Waals surface area contributed by atoms with E-state index in [1.807, 2.05) is 6.08 Å². The number of rotatable bonds is 4. The van der Waals surface area contributed by atoms with Crippen LogP contribution in [0.15, 0.2) is 12.1 Å². The van der Waals surface area contributed by atoms with Crippen LogP contribution in [0.5, 0.6) is 0 Å². The molecule has 0 aromatic carbocycles. The molecule has 8 heavy (non-hydrogen) atoms. The normalized spacial score (nSPS) is 10.6. The van der Waals surface area contributed by atoms with Crippen molar-refractivity contribution in [1.82, 2.24) is 0 Å². The molecular weight excluding hydrogens is 98.9 g/mol. The third-order valence-corrected chi connectivity index (χ3v) is 0.915. The van der Waals surface area contributed by atoms with Crippen LogP contribution in [0.4, 0.5) is 0 Å². The molecule has 0 rings (SSSR count). The Labute approximate surface area is 51.8 Å². The number of hydrogen-bond donors (Lipinski definition) is 1. The maximum atomic E-state index is 8.31. The minimum Gasteiger partial charge on any atom is -0.396 e. The van der Waals surface area contributed by atoms with Crippen molar-refractivity contribution < 1.29 is 5.11 Å². The van der Waals surface area contributed by atoms with E-state index in [0.29, 0.717) is 6.61 Å². The Bertz CT molecular complexity index is 61.5. The van der Waals surface area contributed by atoms with Crippen LogP contribution >= 0.6 is 0 Å². The van der Waals surface area contributed by atoms with E-state index < -0.39 is 0 Å². The third kappa shape index (κ3) is 5.76. The minimum absolute atomic E-state index is 0.290. The summed E-state index contributed by atoms with van der Waals surface area (Å²) >= 11 is 0. The second-order valence-electron chi connectivity index (χ2n) is 1.65. The van der Waals surface area contributed by atoms with Crippen LogP contribution in [0.2, 0.25) is 0 Å². The van der Waals surface area contributed by atoms with Gasteiger partial charge < -0.3 is 5.11 Å². The van der Waals surface area contributed by atoms with E-state index in [1.54, 1.807) is 0 Å². The first-order valence-corrected chi connectivity index (χ1v) is 2.89. The van der Waals surface area contributed by atoms with Crippen LogP contribution in [-0.2, 0) is 0 Å². The van der Waals surface area contributed by atoms with Crippen molar-refractivity contribution in [3.8, 4) is 0 Å². The number of aliphatic hydroxyl groups is 1. The van der Waals surface area contributed by atoms with Crippen LogP contribution in [-0.4, -0.2) is 19.6 Å². The van der Waals surface area contributed by atoms with Crippen molar-refractivity contribution >= 4 is 7.85 Å². The summed E-state index contributed by atoms with van der Waals surface area (Å²) in [5, 5.41) is 8.31. The fraction of sp³-hybridized carbons (Fsp3) is 0.667. The molecule has 0 unspecified atom stereocenters. The molecule has 2 radical (unpaired) electrons. The Morgan fingerprint density at radius 1 is 1.38 bits per heavy atom. The van der Waals surface area contributed by atoms with Crippen LogP contribution in [0, 0.1) is 0 Å². The van der Waals surface area contributed by atoms with E-state index in [9.17, 15) is 0 Å². The van der Waals surface area contributed by atoms with Crippen molar-refractivity contribution in [2.75, 3.05) is 6.61 Å². The SMILES string of the molecule is [B]C=CCCCCO. The molecule has 0 aliphatic heterocycles. The predicted molar refractivity (Wildman–Crippen MR) is 35.8 cm³/mol. The summed E-state index contributed by atoms with van der Waals surface area (Å²) in [5.74, 6) is 1.54. The van der Waals surface area contributed by atoms with Crippen LogP contribution < -0.4 is 0 Å². The highest BCUT2D eigenvalue weighted by Crippen LogP contribution is 1.93. The zero-order valence-electron chi connectivity index (χ0n) is 5.01. The van der Waals surface area contributed by atoms with E-state index >= 15 is 0 Å². The highest BCUT2D eigenvalue weighted by Gasteiger charge is 1.79. The highest BCUT2D eigenvalue weighted by molar-refractivity contribution is 6.16. The second kappa shape index (κ2) is 6.76. The smallest absolute Gasteiger partial charge is 0.102 e. The fourth-order valence-corrected chi connectivity index (χ4v) is 0.470. The number of aliphatic hydroxyl groups excluding tert-OH is 1. The number of unbranched alkanes of at least 4 members (excludes halogenated alkanes) is 2. The van der Waals surface area contributed by atoms with Gasteiger partial charge in [-0.05, 0) is 19.3 Å². The van der Waals surface area contributed by atoms with Gasteiger partial charge in [-0.1, -0.05) is 6.08 Å². The first-order valence-electron chi connectivity index (χ1n) is 2.89. The first-order chi connectivity index (χ1) is 3.91.